The van der Waals surface area contributed by atoms with Gasteiger partial charge < -0.3 is 9.64 Å². The van der Waals surface area contributed by atoms with Crippen molar-refractivity contribution in [3.63, 3.8) is 0 Å². The van der Waals surface area contributed by atoms with E-state index in [4.69, 9.17) is 4.74 Å². The molecule has 0 spiro atoms. The highest BCUT2D eigenvalue weighted by Crippen LogP contribution is 2.48. The van der Waals surface area contributed by atoms with E-state index in [1.807, 2.05) is 19.0 Å². The molecule has 0 aromatic heterocycles. The van der Waals surface area contributed by atoms with E-state index in [2.05, 4.69) is 0 Å². The van der Waals surface area contributed by atoms with Crippen molar-refractivity contribution >= 4 is 5.97 Å². The SMILES string of the molecule is CN(C)CCOC(=O)C1CC2CCC1C2. The Hall–Kier alpha value is -0.570. The minimum Gasteiger partial charge on any atom is -0.464 e. The zero-order valence-corrected chi connectivity index (χ0v) is 9.74. The topological polar surface area (TPSA) is 29.5 Å². The number of carbonyl (C=O) groups excluding carboxylic acids is 1. The molecule has 0 N–H and O–H groups in total. The summed E-state index contributed by atoms with van der Waals surface area (Å²) in [5.41, 5.74) is 0. The number of rotatable bonds is 4. The summed E-state index contributed by atoms with van der Waals surface area (Å²) in [4.78, 5) is 13.8. The van der Waals surface area contributed by atoms with Crippen molar-refractivity contribution in [1.82, 2.24) is 4.90 Å². The van der Waals surface area contributed by atoms with Crippen LogP contribution in [0.2, 0.25) is 0 Å². The molecule has 0 aromatic rings. The van der Waals surface area contributed by atoms with Gasteiger partial charge in [0.2, 0.25) is 0 Å². The number of fused-ring (bicyclic) bond motifs is 2. The Bertz CT molecular complexity index is 240. The highest BCUT2D eigenvalue weighted by Gasteiger charge is 2.43. The van der Waals surface area contributed by atoms with E-state index in [1.165, 1.54) is 19.3 Å². The molecule has 0 saturated heterocycles. The fourth-order valence-corrected chi connectivity index (χ4v) is 2.97. The zero-order valence-electron chi connectivity index (χ0n) is 9.74. The Morgan fingerprint density at radius 1 is 1.33 bits per heavy atom. The van der Waals surface area contributed by atoms with E-state index in [9.17, 15) is 4.79 Å². The Morgan fingerprint density at radius 2 is 2.13 bits per heavy atom. The van der Waals surface area contributed by atoms with E-state index in [0.29, 0.717) is 12.5 Å². The van der Waals surface area contributed by atoms with E-state index in [1.54, 1.807) is 0 Å². The largest absolute Gasteiger partial charge is 0.464 e. The molecule has 0 heterocycles. The molecule has 0 aliphatic heterocycles. The maximum Gasteiger partial charge on any atom is 0.309 e. The van der Waals surface area contributed by atoms with Gasteiger partial charge in [0, 0.05) is 6.54 Å². The normalized spacial score (nSPS) is 33.7. The van der Waals surface area contributed by atoms with E-state index in [-0.39, 0.29) is 11.9 Å². The number of esters is 1. The zero-order chi connectivity index (χ0) is 10.8. The van der Waals surface area contributed by atoms with Gasteiger partial charge in [0.05, 0.1) is 5.92 Å². The lowest BCUT2D eigenvalue weighted by atomic mass is 9.89. The molecular weight excluding hydrogens is 190 g/mol. The van der Waals surface area contributed by atoms with Crippen LogP contribution in [0.4, 0.5) is 0 Å². The highest BCUT2D eigenvalue weighted by molar-refractivity contribution is 5.73. The molecule has 3 unspecified atom stereocenters. The first-order chi connectivity index (χ1) is 7.16. The van der Waals surface area contributed by atoms with Crippen molar-refractivity contribution in [3.05, 3.63) is 0 Å². The molecule has 0 amide bonds. The summed E-state index contributed by atoms with van der Waals surface area (Å²) >= 11 is 0. The van der Waals surface area contributed by atoms with E-state index in [0.717, 1.165) is 18.9 Å². The summed E-state index contributed by atoms with van der Waals surface area (Å²) in [6, 6.07) is 0. The van der Waals surface area contributed by atoms with Gasteiger partial charge in [-0.15, -0.1) is 0 Å². The number of nitrogens with zero attached hydrogens (tertiary/aromatic N) is 1. The average Bonchev–Trinajstić information content (AvgIpc) is 2.77. The monoisotopic (exact) mass is 211 g/mol. The van der Waals surface area contributed by atoms with Gasteiger partial charge in [0.15, 0.2) is 0 Å². The van der Waals surface area contributed by atoms with Gasteiger partial charge in [0.1, 0.15) is 6.61 Å². The minimum absolute atomic E-state index is 0.0593. The quantitative estimate of drug-likeness (QED) is 0.660. The molecule has 2 bridgehead atoms. The van der Waals surface area contributed by atoms with Crippen molar-refractivity contribution in [2.24, 2.45) is 17.8 Å². The third-order valence-electron chi connectivity index (χ3n) is 3.82. The number of likely N-dealkylation sites (N-methyl/N-ethyl adjacent to an activating group) is 1. The fraction of sp³-hybridized carbons (Fsp3) is 0.917. The molecule has 3 heteroatoms. The minimum atomic E-state index is 0.0593. The van der Waals surface area contributed by atoms with Crippen LogP contribution in [0.25, 0.3) is 0 Å². The smallest absolute Gasteiger partial charge is 0.309 e. The second kappa shape index (κ2) is 4.52. The number of hydrogen-bond donors (Lipinski definition) is 0. The van der Waals surface area contributed by atoms with Gasteiger partial charge >= 0.3 is 5.97 Å². The van der Waals surface area contributed by atoms with Crippen LogP contribution < -0.4 is 0 Å². The van der Waals surface area contributed by atoms with Gasteiger partial charge in [0.25, 0.3) is 0 Å². The fourth-order valence-electron chi connectivity index (χ4n) is 2.97. The third kappa shape index (κ3) is 2.51. The Kier molecular flexibility index (Phi) is 3.29. The molecule has 3 atom stereocenters. The molecule has 2 rings (SSSR count). The van der Waals surface area contributed by atoms with Crippen molar-refractivity contribution in [1.29, 1.82) is 0 Å². The van der Waals surface area contributed by atoms with Gasteiger partial charge in [-0.3, -0.25) is 4.79 Å². The van der Waals surface area contributed by atoms with Crippen LogP contribution in [0.1, 0.15) is 25.7 Å². The van der Waals surface area contributed by atoms with Crippen LogP contribution in [0.15, 0.2) is 0 Å². The van der Waals surface area contributed by atoms with Crippen LogP contribution in [-0.2, 0) is 9.53 Å². The first-order valence-electron chi connectivity index (χ1n) is 5.98. The second-order valence-corrected chi connectivity index (χ2v) is 5.25. The summed E-state index contributed by atoms with van der Waals surface area (Å²) in [5, 5.41) is 0. The molecule has 2 aliphatic rings. The molecule has 2 aliphatic carbocycles. The summed E-state index contributed by atoms with van der Waals surface area (Å²) < 4.78 is 5.31. The lowest BCUT2D eigenvalue weighted by Gasteiger charge is -2.20. The Balaban J connectivity index is 1.72. The standard InChI is InChI=1S/C12H21NO2/c1-13(2)5-6-15-12(14)11-8-9-3-4-10(11)7-9/h9-11H,3-8H2,1-2H3. The number of ether oxygens (including phenoxy) is 1. The van der Waals surface area contributed by atoms with Crippen molar-refractivity contribution in [2.45, 2.75) is 25.7 Å². The maximum atomic E-state index is 11.8. The van der Waals surface area contributed by atoms with E-state index >= 15 is 0 Å². The van der Waals surface area contributed by atoms with Crippen LogP contribution >= 0.6 is 0 Å². The number of carbonyl (C=O) groups is 1. The van der Waals surface area contributed by atoms with Gasteiger partial charge in [-0.05, 0) is 45.2 Å². The first kappa shape index (κ1) is 10.9. The molecule has 0 aromatic carbocycles. The highest BCUT2D eigenvalue weighted by atomic mass is 16.5. The number of hydrogen-bond acceptors (Lipinski definition) is 3. The Morgan fingerprint density at radius 3 is 2.67 bits per heavy atom. The Labute approximate surface area is 91.8 Å². The molecule has 3 nitrogen and oxygen atoms in total. The lowest BCUT2D eigenvalue weighted by molar-refractivity contribution is -0.150. The second-order valence-electron chi connectivity index (χ2n) is 5.25. The molecular formula is C12H21NO2. The van der Waals surface area contributed by atoms with Gasteiger partial charge in [-0.1, -0.05) is 6.42 Å². The summed E-state index contributed by atoms with van der Waals surface area (Å²) in [6.45, 7) is 1.37. The first-order valence-corrected chi connectivity index (χ1v) is 5.98. The van der Waals surface area contributed by atoms with Crippen LogP contribution in [0, 0.1) is 17.8 Å². The molecule has 0 radical (unpaired) electrons. The van der Waals surface area contributed by atoms with Crippen molar-refractivity contribution in [2.75, 3.05) is 27.2 Å². The summed E-state index contributed by atoms with van der Waals surface area (Å²) in [5.74, 6) is 1.75. The van der Waals surface area contributed by atoms with Gasteiger partial charge in [-0.2, -0.15) is 0 Å². The maximum absolute atomic E-state index is 11.8. The molecule has 15 heavy (non-hydrogen) atoms. The molecule has 2 saturated carbocycles. The predicted molar refractivity (Wildman–Crippen MR) is 58.5 cm³/mol. The van der Waals surface area contributed by atoms with Crippen LogP contribution in [0.3, 0.4) is 0 Å². The molecule has 86 valence electrons. The predicted octanol–water partition coefficient (Wildman–Crippen LogP) is 1.53. The van der Waals surface area contributed by atoms with E-state index < -0.39 is 0 Å². The third-order valence-corrected chi connectivity index (χ3v) is 3.82. The lowest BCUT2D eigenvalue weighted by Crippen LogP contribution is -2.26. The molecule has 2 fully saturated rings. The van der Waals surface area contributed by atoms with Crippen molar-refractivity contribution < 1.29 is 9.53 Å². The summed E-state index contributed by atoms with van der Waals surface area (Å²) in [6.07, 6.45) is 4.95. The van der Waals surface area contributed by atoms with Gasteiger partial charge in [-0.25, -0.2) is 0 Å². The van der Waals surface area contributed by atoms with Crippen LogP contribution in [0.5, 0.6) is 0 Å². The average molecular weight is 211 g/mol. The van der Waals surface area contributed by atoms with Crippen molar-refractivity contribution in [3.8, 4) is 0 Å². The van der Waals surface area contributed by atoms with Crippen LogP contribution in [-0.4, -0.2) is 38.1 Å². The summed E-state index contributed by atoms with van der Waals surface area (Å²) in [7, 11) is 3.98.